The van der Waals surface area contributed by atoms with Gasteiger partial charge < -0.3 is 10.4 Å². The van der Waals surface area contributed by atoms with Crippen LogP contribution in [0.25, 0.3) is 0 Å². The molecule has 3 nitrogen and oxygen atoms in total. The summed E-state index contributed by atoms with van der Waals surface area (Å²) >= 11 is 0. The molecular weight excluding hydrogens is 226 g/mol. The van der Waals surface area contributed by atoms with E-state index in [-0.39, 0.29) is 0 Å². The molecule has 2 N–H and O–H groups in total. The van der Waals surface area contributed by atoms with Crippen molar-refractivity contribution >= 4 is 5.97 Å². The first kappa shape index (κ1) is 17.4. The molecule has 1 atom stereocenters. The molecule has 0 aromatic rings. The minimum absolute atomic E-state index is 0.326. The van der Waals surface area contributed by atoms with Crippen molar-refractivity contribution in [2.45, 2.75) is 71.6 Å². The number of nitrogens with one attached hydrogen (secondary N) is 1. The summed E-state index contributed by atoms with van der Waals surface area (Å²) in [7, 11) is 0. The van der Waals surface area contributed by atoms with Gasteiger partial charge in [-0.15, -0.1) is 0 Å². The van der Waals surface area contributed by atoms with Crippen molar-refractivity contribution < 1.29 is 9.90 Å². The summed E-state index contributed by atoms with van der Waals surface area (Å²) in [6, 6.07) is 0. The van der Waals surface area contributed by atoms with Gasteiger partial charge in [-0.25, -0.2) is 0 Å². The molecule has 1 aliphatic heterocycles. The molecule has 3 heteroatoms. The quantitative estimate of drug-likeness (QED) is 0.681. The minimum Gasteiger partial charge on any atom is -0.481 e. The third kappa shape index (κ3) is 13.5. The van der Waals surface area contributed by atoms with Crippen LogP contribution in [0.1, 0.15) is 71.6 Å². The van der Waals surface area contributed by atoms with E-state index in [1.54, 1.807) is 0 Å². The number of rotatable bonds is 7. The van der Waals surface area contributed by atoms with Crippen LogP contribution in [0.15, 0.2) is 0 Å². The van der Waals surface area contributed by atoms with E-state index in [2.05, 4.69) is 12.2 Å². The highest BCUT2D eigenvalue weighted by molar-refractivity contribution is 5.66. The number of hydrogen-bond acceptors (Lipinski definition) is 2. The van der Waals surface area contributed by atoms with E-state index in [4.69, 9.17) is 5.11 Å². The Morgan fingerprint density at radius 2 is 1.83 bits per heavy atom. The van der Waals surface area contributed by atoms with Crippen LogP contribution in [-0.2, 0) is 4.79 Å². The third-order valence-electron chi connectivity index (χ3n) is 3.28. The Morgan fingerprint density at radius 3 is 2.22 bits per heavy atom. The normalized spacial score (nSPS) is 16.6. The van der Waals surface area contributed by atoms with Crippen LogP contribution in [0.2, 0.25) is 0 Å². The molecule has 0 amide bonds. The van der Waals surface area contributed by atoms with E-state index in [0.717, 1.165) is 6.42 Å². The topological polar surface area (TPSA) is 49.3 Å². The number of hydrogen-bond donors (Lipinski definition) is 2. The minimum atomic E-state index is -0.669. The highest BCUT2D eigenvalue weighted by Crippen LogP contribution is 2.13. The maximum Gasteiger partial charge on any atom is 0.303 e. The van der Waals surface area contributed by atoms with Crippen LogP contribution in [0.3, 0.4) is 0 Å². The lowest BCUT2D eigenvalue weighted by Gasteiger charge is -2.08. The molecule has 0 radical (unpaired) electrons. The van der Waals surface area contributed by atoms with E-state index in [1.807, 2.05) is 6.92 Å². The Bertz CT molecular complexity index is 179. The van der Waals surface area contributed by atoms with Gasteiger partial charge in [-0.1, -0.05) is 52.4 Å². The van der Waals surface area contributed by atoms with E-state index in [0.29, 0.717) is 12.3 Å². The molecule has 1 saturated heterocycles. The second-order valence-electron chi connectivity index (χ2n) is 5.36. The SMILES string of the molecule is C1CCNCC1.CCCCCCC(C)CC(=O)O. The standard InChI is InChI=1S/C10H20O2.C5H11N/c1-3-4-5-6-7-9(2)8-10(11)12;1-2-4-6-5-3-1/h9H,3-8H2,1-2H3,(H,11,12);6H,1-5H2. The second kappa shape index (κ2) is 12.9. The number of aliphatic carboxylic acids is 1. The third-order valence-corrected chi connectivity index (χ3v) is 3.28. The number of carbonyl (C=O) groups is 1. The summed E-state index contributed by atoms with van der Waals surface area (Å²) < 4.78 is 0. The first-order chi connectivity index (χ1) is 8.66. The average Bonchev–Trinajstić information content (AvgIpc) is 2.37. The van der Waals surface area contributed by atoms with E-state index in [9.17, 15) is 4.79 Å². The zero-order chi connectivity index (χ0) is 13.6. The van der Waals surface area contributed by atoms with Gasteiger partial charge in [-0.2, -0.15) is 0 Å². The van der Waals surface area contributed by atoms with Gasteiger partial charge in [0.25, 0.3) is 0 Å². The molecule has 1 unspecified atom stereocenters. The molecule has 1 heterocycles. The Kier molecular flexibility index (Phi) is 12.5. The van der Waals surface area contributed by atoms with Crippen LogP contribution < -0.4 is 5.32 Å². The Balaban J connectivity index is 0.000000397. The summed E-state index contributed by atoms with van der Waals surface area (Å²) in [6.45, 7) is 6.70. The summed E-state index contributed by atoms with van der Waals surface area (Å²) in [4.78, 5) is 10.3. The van der Waals surface area contributed by atoms with Crippen molar-refractivity contribution in [3.63, 3.8) is 0 Å². The van der Waals surface area contributed by atoms with Crippen molar-refractivity contribution in [1.82, 2.24) is 5.32 Å². The fourth-order valence-corrected chi connectivity index (χ4v) is 2.12. The lowest BCUT2D eigenvalue weighted by Crippen LogP contribution is -2.21. The Hall–Kier alpha value is -0.570. The summed E-state index contributed by atoms with van der Waals surface area (Å²) in [5, 5.41) is 11.8. The van der Waals surface area contributed by atoms with Crippen LogP contribution in [0, 0.1) is 5.92 Å². The summed E-state index contributed by atoms with van der Waals surface area (Å²) in [5.74, 6) is -0.322. The van der Waals surface area contributed by atoms with Crippen LogP contribution in [0.4, 0.5) is 0 Å². The van der Waals surface area contributed by atoms with Crippen molar-refractivity contribution in [2.75, 3.05) is 13.1 Å². The highest BCUT2D eigenvalue weighted by atomic mass is 16.4. The smallest absolute Gasteiger partial charge is 0.303 e. The van der Waals surface area contributed by atoms with Crippen LogP contribution in [-0.4, -0.2) is 24.2 Å². The fourth-order valence-electron chi connectivity index (χ4n) is 2.12. The van der Waals surface area contributed by atoms with Gasteiger partial charge in [0.1, 0.15) is 0 Å². The molecular formula is C15H31NO2. The van der Waals surface area contributed by atoms with E-state index in [1.165, 1.54) is 58.0 Å². The molecule has 0 aromatic carbocycles. The van der Waals surface area contributed by atoms with E-state index >= 15 is 0 Å². The lowest BCUT2D eigenvalue weighted by atomic mass is 10.00. The fraction of sp³-hybridized carbons (Fsp3) is 0.933. The molecule has 0 aromatic heterocycles. The number of piperidine rings is 1. The van der Waals surface area contributed by atoms with Crippen LogP contribution in [0.5, 0.6) is 0 Å². The zero-order valence-corrected chi connectivity index (χ0v) is 12.2. The highest BCUT2D eigenvalue weighted by Gasteiger charge is 2.06. The maximum absolute atomic E-state index is 10.3. The first-order valence-electron chi connectivity index (χ1n) is 7.59. The number of carboxylic acid groups (broad SMARTS) is 1. The number of unbranched alkanes of at least 4 members (excludes halogenated alkanes) is 3. The van der Waals surface area contributed by atoms with Crippen molar-refractivity contribution in [3.05, 3.63) is 0 Å². The van der Waals surface area contributed by atoms with Gasteiger partial charge >= 0.3 is 5.97 Å². The van der Waals surface area contributed by atoms with Crippen molar-refractivity contribution in [2.24, 2.45) is 5.92 Å². The van der Waals surface area contributed by atoms with Crippen molar-refractivity contribution in [1.29, 1.82) is 0 Å². The molecule has 0 aliphatic carbocycles. The average molecular weight is 257 g/mol. The zero-order valence-electron chi connectivity index (χ0n) is 12.2. The molecule has 0 saturated carbocycles. The van der Waals surface area contributed by atoms with Gasteiger partial charge in [-0.3, -0.25) is 4.79 Å². The molecule has 18 heavy (non-hydrogen) atoms. The summed E-state index contributed by atoms with van der Waals surface area (Å²) in [6.07, 6.45) is 10.6. The van der Waals surface area contributed by atoms with Gasteiger partial charge in [-0.05, 0) is 31.8 Å². The molecule has 0 spiro atoms. The van der Waals surface area contributed by atoms with Gasteiger partial charge in [0.15, 0.2) is 0 Å². The predicted octanol–water partition coefficient (Wildman–Crippen LogP) is 3.83. The van der Waals surface area contributed by atoms with Gasteiger partial charge in [0, 0.05) is 6.42 Å². The van der Waals surface area contributed by atoms with E-state index < -0.39 is 5.97 Å². The second-order valence-corrected chi connectivity index (χ2v) is 5.36. The lowest BCUT2D eigenvalue weighted by molar-refractivity contribution is -0.138. The van der Waals surface area contributed by atoms with Crippen molar-refractivity contribution in [3.8, 4) is 0 Å². The summed E-state index contributed by atoms with van der Waals surface area (Å²) in [5.41, 5.74) is 0. The molecule has 1 fully saturated rings. The Labute approximate surface area is 112 Å². The van der Waals surface area contributed by atoms with Crippen LogP contribution >= 0.6 is 0 Å². The molecule has 1 rings (SSSR count). The monoisotopic (exact) mass is 257 g/mol. The number of carboxylic acids is 1. The maximum atomic E-state index is 10.3. The van der Waals surface area contributed by atoms with Gasteiger partial charge in [0.05, 0.1) is 0 Å². The Morgan fingerprint density at radius 1 is 1.17 bits per heavy atom. The first-order valence-corrected chi connectivity index (χ1v) is 7.59. The molecule has 0 bridgehead atoms. The predicted molar refractivity (Wildman–Crippen MR) is 76.9 cm³/mol. The largest absolute Gasteiger partial charge is 0.481 e. The molecule has 1 aliphatic rings. The molecule has 108 valence electrons. The van der Waals surface area contributed by atoms with Gasteiger partial charge in [0.2, 0.25) is 0 Å².